The Hall–Kier alpha value is -0.900. The second-order valence-electron chi connectivity index (χ2n) is 3.37. The third-order valence-electron chi connectivity index (χ3n) is 2.27. The van der Waals surface area contributed by atoms with Gasteiger partial charge in [-0.05, 0) is 25.5 Å². The summed E-state index contributed by atoms with van der Waals surface area (Å²) in [6.07, 6.45) is 2.60. The lowest BCUT2D eigenvalue weighted by Crippen LogP contribution is -2.35. The summed E-state index contributed by atoms with van der Waals surface area (Å²) in [4.78, 5) is 15.9. The number of nitrogens with zero attached hydrogens (tertiary/aromatic N) is 1. The molecule has 0 aliphatic carbocycles. The maximum absolute atomic E-state index is 11.8. The molecule has 0 bridgehead atoms. The molecule has 1 unspecified atom stereocenters. The van der Waals surface area contributed by atoms with Crippen LogP contribution in [0.2, 0.25) is 0 Å². The van der Waals surface area contributed by atoms with E-state index < -0.39 is 0 Å². The molecule has 0 radical (unpaired) electrons. The standard InChI is InChI=1S/C11H15BrN2O/c1-3-9(7-12)14-11(15)10-5-4-6-13-8(10)2/h4-6,9H,3,7H2,1-2H3,(H,14,15). The fourth-order valence-corrected chi connectivity index (χ4v) is 1.86. The summed E-state index contributed by atoms with van der Waals surface area (Å²) in [6, 6.07) is 3.74. The maximum Gasteiger partial charge on any atom is 0.253 e. The van der Waals surface area contributed by atoms with Gasteiger partial charge in [0.05, 0.1) is 5.56 Å². The number of carbonyl (C=O) groups excluding carboxylic acids is 1. The molecule has 0 fully saturated rings. The first-order valence-corrected chi connectivity index (χ1v) is 6.09. The Bertz CT molecular complexity index is 337. The van der Waals surface area contributed by atoms with Crippen LogP contribution in [-0.4, -0.2) is 22.3 Å². The van der Waals surface area contributed by atoms with Gasteiger partial charge in [-0.25, -0.2) is 0 Å². The Labute approximate surface area is 98.4 Å². The highest BCUT2D eigenvalue weighted by molar-refractivity contribution is 9.09. The van der Waals surface area contributed by atoms with Gasteiger partial charge in [0.15, 0.2) is 0 Å². The molecule has 15 heavy (non-hydrogen) atoms. The van der Waals surface area contributed by atoms with Crippen molar-refractivity contribution in [2.45, 2.75) is 26.3 Å². The van der Waals surface area contributed by atoms with E-state index in [1.165, 1.54) is 0 Å². The zero-order valence-electron chi connectivity index (χ0n) is 8.96. The van der Waals surface area contributed by atoms with E-state index in [9.17, 15) is 4.79 Å². The number of nitrogens with one attached hydrogen (secondary N) is 1. The Kier molecular flexibility index (Phi) is 4.75. The lowest BCUT2D eigenvalue weighted by Gasteiger charge is -2.14. The number of pyridine rings is 1. The van der Waals surface area contributed by atoms with Crippen molar-refractivity contribution in [3.8, 4) is 0 Å². The first-order chi connectivity index (χ1) is 7.19. The number of hydrogen-bond acceptors (Lipinski definition) is 2. The zero-order chi connectivity index (χ0) is 11.3. The fraction of sp³-hybridized carbons (Fsp3) is 0.455. The molecule has 1 aromatic rings. The van der Waals surface area contributed by atoms with Crippen molar-refractivity contribution in [3.05, 3.63) is 29.6 Å². The zero-order valence-corrected chi connectivity index (χ0v) is 10.5. The summed E-state index contributed by atoms with van der Waals surface area (Å²) >= 11 is 3.37. The topological polar surface area (TPSA) is 42.0 Å². The van der Waals surface area contributed by atoms with Crippen LogP contribution in [0, 0.1) is 6.92 Å². The highest BCUT2D eigenvalue weighted by atomic mass is 79.9. The number of aromatic nitrogens is 1. The summed E-state index contributed by atoms with van der Waals surface area (Å²) in [6.45, 7) is 3.88. The van der Waals surface area contributed by atoms with Crippen LogP contribution in [0.3, 0.4) is 0 Å². The van der Waals surface area contributed by atoms with Gasteiger partial charge in [0.25, 0.3) is 5.91 Å². The van der Waals surface area contributed by atoms with E-state index in [1.807, 2.05) is 13.8 Å². The molecule has 1 amide bonds. The minimum atomic E-state index is -0.0492. The molecule has 1 N–H and O–H groups in total. The van der Waals surface area contributed by atoms with Gasteiger partial charge >= 0.3 is 0 Å². The Morgan fingerprint density at radius 2 is 2.40 bits per heavy atom. The molecule has 0 aliphatic rings. The van der Waals surface area contributed by atoms with E-state index in [2.05, 4.69) is 26.2 Å². The SMILES string of the molecule is CCC(CBr)NC(=O)c1cccnc1C. The van der Waals surface area contributed by atoms with Gasteiger partial charge in [0.1, 0.15) is 0 Å². The Balaban J connectivity index is 2.73. The Morgan fingerprint density at radius 1 is 1.67 bits per heavy atom. The van der Waals surface area contributed by atoms with E-state index in [0.717, 1.165) is 17.4 Å². The van der Waals surface area contributed by atoms with Crippen LogP contribution >= 0.6 is 15.9 Å². The molecular formula is C11H15BrN2O. The summed E-state index contributed by atoms with van der Waals surface area (Å²) in [5.41, 5.74) is 1.41. The maximum atomic E-state index is 11.8. The summed E-state index contributed by atoms with van der Waals surface area (Å²) < 4.78 is 0. The van der Waals surface area contributed by atoms with Crippen LogP contribution in [0.15, 0.2) is 18.3 Å². The van der Waals surface area contributed by atoms with Crippen molar-refractivity contribution in [2.24, 2.45) is 0 Å². The monoisotopic (exact) mass is 270 g/mol. The van der Waals surface area contributed by atoms with Crippen molar-refractivity contribution in [2.75, 3.05) is 5.33 Å². The van der Waals surface area contributed by atoms with Gasteiger partial charge in [0, 0.05) is 23.3 Å². The number of amides is 1. The van der Waals surface area contributed by atoms with Gasteiger partial charge in [0.2, 0.25) is 0 Å². The van der Waals surface area contributed by atoms with Gasteiger partial charge in [-0.3, -0.25) is 9.78 Å². The van der Waals surface area contributed by atoms with Gasteiger partial charge < -0.3 is 5.32 Å². The van der Waals surface area contributed by atoms with Gasteiger partial charge in [-0.2, -0.15) is 0 Å². The predicted octanol–water partition coefficient (Wildman–Crippen LogP) is 2.29. The van der Waals surface area contributed by atoms with Crippen molar-refractivity contribution in [1.29, 1.82) is 0 Å². The normalized spacial score (nSPS) is 12.2. The number of alkyl halides is 1. The lowest BCUT2D eigenvalue weighted by molar-refractivity contribution is 0.0939. The van der Waals surface area contributed by atoms with Crippen LogP contribution in [0.4, 0.5) is 0 Å². The van der Waals surface area contributed by atoms with Crippen LogP contribution < -0.4 is 5.32 Å². The molecule has 0 saturated carbocycles. The van der Waals surface area contributed by atoms with Crippen LogP contribution in [0.25, 0.3) is 0 Å². The molecule has 4 heteroatoms. The van der Waals surface area contributed by atoms with E-state index in [-0.39, 0.29) is 11.9 Å². The minimum absolute atomic E-state index is 0.0492. The lowest BCUT2D eigenvalue weighted by atomic mass is 10.1. The summed E-state index contributed by atoms with van der Waals surface area (Å²) in [5.74, 6) is -0.0492. The minimum Gasteiger partial charge on any atom is -0.348 e. The van der Waals surface area contributed by atoms with Crippen LogP contribution in [-0.2, 0) is 0 Å². The fourth-order valence-electron chi connectivity index (χ4n) is 1.24. The molecule has 0 aliphatic heterocycles. The quantitative estimate of drug-likeness (QED) is 0.854. The molecule has 82 valence electrons. The molecule has 3 nitrogen and oxygen atoms in total. The van der Waals surface area contributed by atoms with Gasteiger partial charge in [-0.15, -0.1) is 0 Å². The van der Waals surface area contributed by atoms with E-state index >= 15 is 0 Å². The number of aryl methyl sites for hydroxylation is 1. The van der Waals surface area contributed by atoms with E-state index in [1.54, 1.807) is 18.3 Å². The van der Waals surface area contributed by atoms with Crippen molar-refractivity contribution in [3.63, 3.8) is 0 Å². The second kappa shape index (κ2) is 5.85. The molecule has 1 rings (SSSR count). The molecular weight excluding hydrogens is 256 g/mol. The number of halogens is 1. The number of carbonyl (C=O) groups is 1. The van der Waals surface area contributed by atoms with Crippen molar-refractivity contribution in [1.82, 2.24) is 10.3 Å². The highest BCUT2D eigenvalue weighted by Gasteiger charge is 2.12. The number of rotatable bonds is 4. The van der Waals surface area contributed by atoms with E-state index in [0.29, 0.717) is 5.56 Å². The smallest absolute Gasteiger partial charge is 0.253 e. The van der Waals surface area contributed by atoms with E-state index in [4.69, 9.17) is 0 Å². The second-order valence-corrected chi connectivity index (χ2v) is 4.02. The third-order valence-corrected chi connectivity index (χ3v) is 3.05. The molecule has 0 saturated heterocycles. The highest BCUT2D eigenvalue weighted by Crippen LogP contribution is 2.05. The molecule has 1 aromatic heterocycles. The Morgan fingerprint density at radius 3 is 2.93 bits per heavy atom. The average Bonchev–Trinajstić information content (AvgIpc) is 2.26. The van der Waals surface area contributed by atoms with Crippen molar-refractivity contribution < 1.29 is 4.79 Å². The first-order valence-electron chi connectivity index (χ1n) is 4.97. The van der Waals surface area contributed by atoms with Gasteiger partial charge in [-0.1, -0.05) is 22.9 Å². The third kappa shape index (κ3) is 3.30. The average molecular weight is 271 g/mol. The number of hydrogen-bond donors (Lipinski definition) is 1. The largest absolute Gasteiger partial charge is 0.348 e. The van der Waals surface area contributed by atoms with Crippen molar-refractivity contribution >= 4 is 21.8 Å². The molecule has 1 heterocycles. The predicted molar refractivity (Wildman–Crippen MR) is 64.3 cm³/mol. The first kappa shape index (κ1) is 12.2. The van der Waals surface area contributed by atoms with Crippen LogP contribution in [0.5, 0.6) is 0 Å². The summed E-state index contributed by atoms with van der Waals surface area (Å²) in [7, 11) is 0. The summed E-state index contributed by atoms with van der Waals surface area (Å²) in [5, 5.41) is 3.72. The molecule has 0 aromatic carbocycles. The molecule has 1 atom stereocenters. The van der Waals surface area contributed by atoms with Crippen LogP contribution in [0.1, 0.15) is 29.4 Å². The molecule has 0 spiro atoms.